The molecule has 25 heavy (non-hydrogen) atoms. The van der Waals surface area contributed by atoms with E-state index in [0.717, 1.165) is 17.8 Å². The van der Waals surface area contributed by atoms with Crippen molar-refractivity contribution in [1.29, 1.82) is 0 Å². The van der Waals surface area contributed by atoms with Crippen LogP contribution in [0, 0.1) is 0 Å². The Hall–Kier alpha value is -2.33. The van der Waals surface area contributed by atoms with Gasteiger partial charge in [0, 0.05) is 12.0 Å². The smallest absolute Gasteiger partial charge is 0.263 e. The van der Waals surface area contributed by atoms with Gasteiger partial charge in [-0.05, 0) is 25.5 Å². The number of aromatic nitrogens is 2. The van der Waals surface area contributed by atoms with E-state index >= 15 is 0 Å². The number of carbonyl (C=O) groups excluding carboxylic acids is 1. The standard InChI is InChI=1S/C15H17N5O3S2/c1-3-6-12-18-19-15(24-12)17-14(21)9(2)16-13-10-7-4-5-8-11(10)25(22,23)20-13/h4-5,7-9H,3,6H2,1-2H3,(H,16,20)(H,17,19,21)/t9-/m1/s1. The molecule has 0 unspecified atom stereocenters. The Kier molecular flexibility index (Phi) is 4.82. The van der Waals surface area contributed by atoms with Crippen LogP contribution in [0.3, 0.4) is 0 Å². The van der Waals surface area contributed by atoms with Crippen molar-refractivity contribution in [1.82, 2.24) is 14.9 Å². The maximum atomic E-state index is 12.3. The van der Waals surface area contributed by atoms with Crippen LogP contribution >= 0.6 is 11.3 Å². The zero-order valence-electron chi connectivity index (χ0n) is 13.7. The number of hydrogen-bond donors (Lipinski definition) is 2. The van der Waals surface area contributed by atoms with E-state index in [0.29, 0.717) is 10.7 Å². The molecule has 1 aromatic carbocycles. The Morgan fingerprint density at radius 2 is 2.12 bits per heavy atom. The molecular formula is C15H17N5O3S2. The molecule has 132 valence electrons. The van der Waals surface area contributed by atoms with E-state index < -0.39 is 16.1 Å². The average Bonchev–Trinajstić information content (AvgIpc) is 3.11. The Morgan fingerprint density at radius 1 is 1.36 bits per heavy atom. The Labute approximate surface area is 149 Å². The number of benzene rings is 1. The molecule has 0 radical (unpaired) electrons. The van der Waals surface area contributed by atoms with E-state index in [9.17, 15) is 13.2 Å². The van der Waals surface area contributed by atoms with Gasteiger partial charge in [-0.15, -0.1) is 10.2 Å². The third kappa shape index (κ3) is 3.69. The fourth-order valence-electron chi connectivity index (χ4n) is 2.31. The molecule has 8 nitrogen and oxygen atoms in total. The summed E-state index contributed by atoms with van der Waals surface area (Å²) >= 11 is 1.32. The second-order valence-electron chi connectivity index (χ2n) is 5.50. The zero-order valence-corrected chi connectivity index (χ0v) is 15.3. The van der Waals surface area contributed by atoms with Crippen molar-refractivity contribution < 1.29 is 13.2 Å². The summed E-state index contributed by atoms with van der Waals surface area (Å²) < 4.78 is 26.5. The van der Waals surface area contributed by atoms with E-state index in [1.165, 1.54) is 17.4 Å². The van der Waals surface area contributed by atoms with Gasteiger partial charge in [0.05, 0.1) is 4.90 Å². The first-order chi connectivity index (χ1) is 11.9. The molecule has 2 heterocycles. The predicted molar refractivity (Wildman–Crippen MR) is 95.3 cm³/mol. The number of carbonyl (C=O) groups is 1. The fraction of sp³-hybridized carbons (Fsp3) is 0.333. The topological polar surface area (TPSA) is 113 Å². The molecule has 1 aromatic heterocycles. The lowest BCUT2D eigenvalue weighted by atomic mass is 10.2. The summed E-state index contributed by atoms with van der Waals surface area (Å²) in [6.07, 6.45) is 1.76. The summed E-state index contributed by atoms with van der Waals surface area (Å²) in [7, 11) is -3.62. The van der Waals surface area contributed by atoms with Gasteiger partial charge in [-0.2, -0.15) is 0 Å². The van der Waals surface area contributed by atoms with Gasteiger partial charge in [0.1, 0.15) is 16.9 Å². The molecule has 0 saturated heterocycles. The van der Waals surface area contributed by atoms with Crippen molar-refractivity contribution in [2.45, 2.75) is 37.6 Å². The molecule has 0 aliphatic carbocycles. The highest BCUT2D eigenvalue weighted by Crippen LogP contribution is 2.23. The first kappa shape index (κ1) is 17.5. The van der Waals surface area contributed by atoms with Crippen LogP contribution in [0.15, 0.2) is 34.2 Å². The molecule has 2 aromatic rings. The molecule has 0 saturated carbocycles. The van der Waals surface area contributed by atoms with Crippen molar-refractivity contribution in [3.63, 3.8) is 0 Å². The fourth-order valence-corrected chi connectivity index (χ4v) is 4.39. The maximum absolute atomic E-state index is 12.3. The SMILES string of the molecule is CCCc1nnc(NC(=O)[C@@H](C)N=C2NS(=O)(=O)c3ccccc32)s1. The number of nitrogens with zero attached hydrogens (tertiary/aromatic N) is 3. The van der Waals surface area contributed by atoms with Crippen molar-refractivity contribution in [2.75, 3.05) is 5.32 Å². The van der Waals surface area contributed by atoms with Crippen molar-refractivity contribution >= 4 is 38.2 Å². The van der Waals surface area contributed by atoms with Gasteiger partial charge in [0.25, 0.3) is 15.9 Å². The molecule has 3 rings (SSSR count). The summed E-state index contributed by atoms with van der Waals surface area (Å²) in [6.45, 7) is 3.63. The number of amidine groups is 1. The molecule has 0 spiro atoms. The lowest BCUT2D eigenvalue weighted by molar-refractivity contribution is -0.117. The van der Waals surface area contributed by atoms with Crippen LogP contribution in [-0.4, -0.2) is 36.4 Å². The summed E-state index contributed by atoms with van der Waals surface area (Å²) in [4.78, 5) is 16.7. The highest BCUT2D eigenvalue weighted by molar-refractivity contribution is 7.90. The quantitative estimate of drug-likeness (QED) is 0.818. The van der Waals surface area contributed by atoms with Gasteiger partial charge in [0.15, 0.2) is 0 Å². The molecule has 0 bridgehead atoms. The number of amides is 1. The van der Waals surface area contributed by atoms with Crippen LogP contribution in [0.25, 0.3) is 0 Å². The number of fused-ring (bicyclic) bond motifs is 1. The van der Waals surface area contributed by atoms with Gasteiger partial charge >= 0.3 is 0 Å². The number of nitrogens with one attached hydrogen (secondary N) is 2. The minimum Gasteiger partial charge on any atom is -0.299 e. The first-order valence-electron chi connectivity index (χ1n) is 7.74. The van der Waals surface area contributed by atoms with E-state index in [-0.39, 0.29) is 16.6 Å². The van der Waals surface area contributed by atoms with Crippen molar-refractivity contribution in [2.24, 2.45) is 4.99 Å². The average molecular weight is 379 g/mol. The lowest BCUT2D eigenvalue weighted by Crippen LogP contribution is -2.28. The third-order valence-electron chi connectivity index (χ3n) is 3.53. The Morgan fingerprint density at radius 3 is 2.88 bits per heavy atom. The van der Waals surface area contributed by atoms with Gasteiger partial charge in [0.2, 0.25) is 5.13 Å². The highest BCUT2D eigenvalue weighted by atomic mass is 32.2. The van der Waals surface area contributed by atoms with E-state index in [4.69, 9.17) is 0 Å². The minimum atomic E-state index is -3.62. The minimum absolute atomic E-state index is 0.162. The van der Waals surface area contributed by atoms with E-state index in [2.05, 4.69) is 25.2 Å². The first-order valence-corrected chi connectivity index (χ1v) is 10.0. The van der Waals surface area contributed by atoms with Crippen LogP contribution in [0.5, 0.6) is 0 Å². The number of hydrogen-bond acceptors (Lipinski definition) is 7. The van der Waals surface area contributed by atoms with E-state index in [1.807, 2.05) is 6.92 Å². The van der Waals surface area contributed by atoms with Crippen LogP contribution in [0.2, 0.25) is 0 Å². The molecule has 2 N–H and O–H groups in total. The highest BCUT2D eigenvalue weighted by Gasteiger charge is 2.31. The monoisotopic (exact) mass is 379 g/mol. The van der Waals surface area contributed by atoms with Crippen LogP contribution in [-0.2, 0) is 21.2 Å². The molecular weight excluding hydrogens is 362 g/mol. The van der Waals surface area contributed by atoms with Gasteiger partial charge in [-0.25, -0.2) is 8.42 Å². The number of anilines is 1. The Bertz CT molecular complexity index is 936. The van der Waals surface area contributed by atoms with Crippen LogP contribution in [0.4, 0.5) is 5.13 Å². The van der Waals surface area contributed by atoms with Crippen molar-refractivity contribution in [3.05, 3.63) is 34.8 Å². The molecule has 1 aliphatic rings. The number of rotatable bonds is 5. The second kappa shape index (κ2) is 6.89. The van der Waals surface area contributed by atoms with Gasteiger partial charge < -0.3 is 0 Å². The second-order valence-corrected chi connectivity index (χ2v) is 8.21. The third-order valence-corrected chi connectivity index (χ3v) is 5.82. The number of sulfonamides is 1. The molecule has 0 fully saturated rings. The van der Waals surface area contributed by atoms with E-state index in [1.54, 1.807) is 25.1 Å². The zero-order chi connectivity index (χ0) is 18.0. The normalized spacial score (nSPS) is 17.8. The molecule has 1 atom stereocenters. The van der Waals surface area contributed by atoms with Gasteiger partial charge in [-0.1, -0.05) is 30.4 Å². The molecule has 1 amide bonds. The lowest BCUT2D eigenvalue weighted by Gasteiger charge is -2.07. The summed E-state index contributed by atoms with van der Waals surface area (Å²) in [6, 6.07) is 5.72. The largest absolute Gasteiger partial charge is 0.299 e. The summed E-state index contributed by atoms with van der Waals surface area (Å²) in [5, 5.41) is 11.8. The predicted octanol–water partition coefficient (Wildman–Crippen LogP) is 1.56. The number of aliphatic imine (C=N–C) groups is 1. The Balaban J connectivity index is 1.76. The van der Waals surface area contributed by atoms with Crippen LogP contribution in [0.1, 0.15) is 30.8 Å². The maximum Gasteiger partial charge on any atom is 0.263 e. The summed E-state index contributed by atoms with van der Waals surface area (Å²) in [5.41, 5.74) is 0.461. The molecule has 1 aliphatic heterocycles. The van der Waals surface area contributed by atoms with Crippen LogP contribution < -0.4 is 10.0 Å². The van der Waals surface area contributed by atoms with Gasteiger partial charge in [-0.3, -0.25) is 19.8 Å². The molecule has 10 heteroatoms. The number of aryl methyl sites for hydroxylation is 1. The van der Waals surface area contributed by atoms with Crippen molar-refractivity contribution in [3.8, 4) is 0 Å². The summed E-state index contributed by atoms with van der Waals surface area (Å²) in [5.74, 6) is -0.211.